The van der Waals surface area contributed by atoms with Crippen molar-refractivity contribution < 1.29 is 49.1 Å². The SMILES string of the molecule is Nc1ccc2c(O)c(N=Nc3ccc(N=Nc4cccc5c(O)cc(S(=O)(=O)O)cc45)c4ccc(S(=O)(=O)O)cc34)c(S(=O)(=O)O)cc2c1. The third-order valence-corrected chi connectivity index (χ3v) is 9.89. The summed E-state index contributed by atoms with van der Waals surface area (Å²) in [5.74, 6) is -1.10. The van der Waals surface area contributed by atoms with Gasteiger partial charge < -0.3 is 15.9 Å². The van der Waals surface area contributed by atoms with E-state index in [9.17, 15) is 49.1 Å². The topological polar surface area (TPSA) is 279 Å². The number of anilines is 1. The number of hydrogen-bond donors (Lipinski definition) is 6. The van der Waals surface area contributed by atoms with Crippen LogP contribution in [0.25, 0.3) is 32.3 Å². The van der Waals surface area contributed by atoms with Crippen molar-refractivity contribution in [2.24, 2.45) is 20.5 Å². The molecule has 0 radical (unpaired) electrons. The molecule has 0 aliphatic carbocycles. The summed E-state index contributed by atoms with van der Waals surface area (Å²) < 4.78 is 101. The van der Waals surface area contributed by atoms with E-state index in [4.69, 9.17) is 5.73 Å². The largest absolute Gasteiger partial charge is 0.507 e. The van der Waals surface area contributed by atoms with E-state index in [1.165, 1.54) is 54.6 Å². The zero-order valence-electron chi connectivity index (χ0n) is 24.4. The van der Waals surface area contributed by atoms with Crippen molar-refractivity contribution in [2.75, 3.05) is 5.73 Å². The minimum atomic E-state index is -4.96. The molecule has 6 aromatic rings. The number of hydrogen-bond acceptors (Lipinski definition) is 13. The predicted octanol–water partition coefficient (Wildman–Crippen LogP) is 6.71. The molecule has 0 aliphatic heterocycles. The molecule has 16 nitrogen and oxygen atoms in total. The Morgan fingerprint density at radius 3 is 1.73 bits per heavy atom. The molecule has 7 N–H and O–H groups in total. The Bertz CT molecular complexity index is 2790. The molecule has 6 aromatic carbocycles. The molecule has 0 saturated heterocycles. The molecule has 0 aliphatic rings. The molecule has 49 heavy (non-hydrogen) atoms. The highest BCUT2D eigenvalue weighted by molar-refractivity contribution is 7.86. The van der Waals surface area contributed by atoms with Gasteiger partial charge in [0.05, 0.1) is 26.9 Å². The molecule has 0 amide bonds. The molecule has 19 heteroatoms. The van der Waals surface area contributed by atoms with Crippen molar-refractivity contribution in [3.8, 4) is 11.5 Å². The van der Waals surface area contributed by atoms with E-state index in [1.807, 2.05) is 0 Å². The second-order valence-corrected chi connectivity index (χ2v) is 14.7. The molecule has 0 atom stereocenters. The van der Waals surface area contributed by atoms with E-state index in [1.54, 1.807) is 0 Å². The minimum absolute atomic E-state index is 0.0148. The molecule has 0 saturated carbocycles. The Balaban J connectivity index is 1.52. The normalized spacial score (nSPS) is 13.0. The number of fused-ring (bicyclic) bond motifs is 3. The van der Waals surface area contributed by atoms with E-state index in [2.05, 4.69) is 20.5 Å². The lowest BCUT2D eigenvalue weighted by Crippen LogP contribution is -1.99. The summed E-state index contributed by atoms with van der Waals surface area (Å²) in [5, 5.41) is 38.5. The molecule has 0 spiro atoms. The quantitative estimate of drug-likeness (QED) is 0.0569. The van der Waals surface area contributed by atoms with Crippen LogP contribution < -0.4 is 5.73 Å². The number of rotatable bonds is 7. The number of aromatic hydroxyl groups is 2. The molecule has 250 valence electrons. The fourth-order valence-corrected chi connectivity index (χ4v) is 6.76. The fourth-order valence-electron chi connectivity index (χ4n) is 5.07. The van der Waals surface area contributed by atoms with Crippen molar-refractivity contribution in [3.63, 3.8) is 0 Å². The summed E-state index contributed by atoms with van der Waals surface area (Å²) in [6.45, 7) is 0. The molecule has 0 heterocycles. The lowest BCUT2D eigenvalue weighted by atomic mass is 10.1. The van der Waals surface area contributed by atoms with Gasteiger partial charge in [0.1, 0.15) is 16.3 Å². The lowest BCUT2D eigenvalue weighted by molar-refractivity contribution is 0.471. The zero-order chi connectivity index (χ0) is 35.5. The molecular formula is C30H21N5O11S3. The first-order valence-corrected chi connectivity index (χ1v) is 17.9. The van der Waals surface area contributed by atoms with E-state index < -0.39 is 62.2 Å². The minimum Gasteiger partial charge on any atom is -0.507 e. The van der Waals surface area contributed by atoms with Gasteiger partial charge in [-0.25, -0.2) is 0 Å². The van der Waals surface area contributed by atoms with Crippen LogP contribution in [0.4, 0.5) is 28.4 Å². The van der Waals surface area contributed by atoms with Gasteiger partial charge in [-0.3, -0.25) is 13.7 Å². The van der Waals surface area contributed by atoms with Gasteiger partial charge >= 0.3 is 0 Å². The van der Waals surface area contributed by atoms with Crippen LogP contribution in [0.3, 0.4) is 0 Å². The Labute approximate surface area is 276 Å². The average molecular weight is 724 g/mol. The Kier molecular flexibility index (Phi) is 8.05. The second-order valence-electron chi connectivity index (χ2n) is 10.5. The number of nitrogens with two attached hydrogens (primary N) is 1. The summed E-state index contributed by atoms with van der Waals surface area (Å²) in [5.41, 5.74) is 5.48. The Hall–Kier alpha value is -5.57. The van der Waals surface area contributed by atoms with Crippen LogP contribution >= 0.6 is 0 Å². The van der Waals surface area contributed by atoms with Crippen molar-refractivity contribution in [1.82, 2.24) is 0 Å². The number of phenols is 2. The fraction of sp³-hybridized carbons (Fsp3) is 0. The van der Waals surface area contributed by atoms with Gasteiger partial charge in [0, 0.05) is 38.7 Å². The monoisotopic (exact) mass is 723 g/mol. The molecule has 6 rings (SSSR count). The van der Waals surface area contributed by atoms with E-state index >= 15 is 0 Å². The molecule has 0 unspecified atom stereocenters. The summed E-state index contributed by atoms with van der Waals surface area (Å²) in [7, 11) is -14.4. The summed E-state index contributed by atoms with van der Waals surface area (Å²) in [6, 6.07) is 17.8. The predicted molar refractivity (Wildman–Crippen MR) is 177 cm³/mol. The van der Waals surface area contributed by atoms with E-state index in [-0.39, 0.29) is 55.1 Å². The maximum atomic E-state index is 12.3. The maximum absolute atomic E-state index is 12.3. The number of nitrogens with zero attached hydrogens (tertiary/aromatic N) is 4. The molecule has 0 bridgehead atoms. The van der Waals surface area contributed by atoms with E-state index in [0.29, 0.717) is 0 Å². The second kappa shape index (κ2) is 11.8. The highest BCUT2D eigenvalue weighted by Gasteiger charge is 2.23. The molecular weight excluding hydrogens is 703 g/mol. The van der Waals surface area contributed by atoms with Crippen LogP contribution in [0.15, 0.2) is 120 Å². The van der Waals surface area contributed by atoms with Crippen LogP contribution in [0, 0.1) is 0 Å². The van der Waals surface area contributed by atoms with Crippen LogP contribution in [-0.4, -0.2) is 49.1 Å². The first-order chi connectivity index (χ1) is 22.9. The lowest BCUT2D eigenvalue weighted by Gasteiger charge is -2.10. The molecule has 0 fully saturated rings. The van der Waals surface area contributed by atoms with Crippen molar-refractivity contribution in [1.29, 1.82) is 0 Å². The summed E-state index contributed by atoms with van der Waals surface area (Å²) in [6.07, 6.45) is 0. The van der Waals surface area contributed by atoms with Gasteiger partial charge in [0.25, 0.3) is 30.4 Å². The first-order valence-electron chi connectivity index (χ1n) is 13.6. The van der Waals surface area contributed by atoms with Crippen molar-refractivity contribution in [3.05, 3.63) is 84.9 Å². The van der Waals surface area contributed by atoms with Crippen LogP contribution in [0.1, 0.15) is 0 Å². The third kappa shape index (κ3) is 6.48. The Morgan fingerprint density at radius 2 is 1.08 bits per heavy atom. The van der Waals surface area contributed by atoms with Gasteiger partial charge in [-0.15, -0.1) is 20.5 Å². The van der Waals surface area contributed by atoms with Crippen LogP contribution in [-0.2, 0) is 30.4 Å². The molecule has 0 aromatic heterocycles. The number of benzene rings is 6. The van der Waals surface area contributed by atoms with Crippen molar-refractivity contribution in [2.45, 2.75) is 14.7 Å². The van der Waals surface area contributed by atoms with Crippen LogP contribution in [0.5, 0.6) is 11.5 Å². The number of phenolic OH excluding ortho intramolecular Hbond substituents is 2. The van der Waals surface area contributed by atoms with E-state index in [0.717, 1.165) is 30.3 Å². The Morgan fingerprint density at radius 1 is 0.510 bits per heavy atom. The first kappa shape index (κ1) is 33.3. The van der Waals surface area contributed by atoms with Gasteiger partial charge in [-0.1, -0.05) is 18.2 Å². The van der Waals surface area contributed by atoms with Gasteiger partial charge in [-0.05, 0) is 66.0 Å². The highest BCUT2D eigenvalue weighted by atomic mass is 32.2. The standard InChI is InChI=1S/C30H21N5O11S3/c31-16-4-6-19-15(10-16)11-28(49(44,45)46)29(30(19)37)35-34-26-9-8-25(20-7-5-17(12-22(20)26)47(38,39)40)33-32-24-3-1-2-21-23(24)13-18(14-27(21)36)48(41,42)43/h1-14,36-37H,31H2,(H,38,39,40)(H,41,42,43)(H,44,45,46). The summed E-state index contributed by atoms with van der Waals surface area (Å²) >= 11 is 0. The van der Waals surface area contributed by atoms with Gasteiger partial charge in [0.15, 0.2) is 5.75 Å². The van der Waals surface area contributed by atoms with Gasteiger partial charge in [-0.2, -0.15) is 25.3 Å². The smallest absolute Gasteiger partial charge is 0.296 e. The summed E-state index contributed by atoms with van der Waals surface area (Å²) in [4.78, 5) is -1.92. The maximum Gasteiger partial charge on any atom is 0.296 e. The third-order valence-electron chi connectivity index (χ3n) is 7.34. The van der Waals surface area contributed by atoms with Crippen LogP contribution in [0.2, 0.25) is 0 Å². The average Bonchev–Trinajstić information content (AvgIpc) is 3.01. The van der Waals surface area contributed by atoms with Gasteiger partial charge in [0.2, 0.25) is 0 Å². The van der Waals surface area contributed by atoms with Crippen molar-refractivity contribution >= 4 is 91.1 Å². The number of nitrogen functional groups attached to an aromatic ring is 1. The number of azo groups is 2. The highest BCUT2D eigenvalue weighted by Crippen LogP contribution is 2.43. The zero-order valence-corrected chi connectivity index (χ0v) is 26.8.